The minimum atomic E-state index is 0.419. The van der Waals surface area contributed by atoms with Crippen LogP contribution < -0.4 is 10.1 Å². The van der Waals surface area contributed by atoms with Crippen LogP contribution in [0.15, 0.2) is 36.7 Å². The first-order valence-electron chi connectivity index (χ1n) is 9.62. The fourth-order valence-electron chi connectivity index (χ4n) is 3.55. The van der Waals surface area contributed by atoms with E-state index in [2.05, 4.69) is 34.3 Å². The van der Waals surface area contributed by atoms with Crippen molar-refractivity contribution in [2.75, 3.05) is 5.32 Å². The predicted octanol–water partition coefficient (Wildman–Crippen LogP) is 5.07. The summed E-state index contributed by atoms with van der Waals surface area (Å²) in [6.07, 6.45) is 12.9. The largest absolute Gasteiger partial charge is 0.490 e. The fourth-order valence-corrected chi connectivity index (χ4v) is 3.55. The molecule has 132 valence electrons. The van der Waals surface area contributed by atoms with Crippen LogP contribution in [0.3, 0.4) is 0 Å². The van der Waals surface area contributed by atoms with Gasteiger partial charge in [0.25, 0.3) is 0 Å². The summed E-state index contributed by atoms with van der Waals surface area (Å²) >= 11 is 0. The highest BCUT2D eigenvalue weighted by molar-refractivity contribution is 5.62. The van der Waals surface area contributed by atoms with E-state index in [1.165, 1.54) is 44.9 Å². The van der Waals surface area contributed by atoms with Gasteiger partial charge in [0.15, 0.2) is 0 Å². The zero-order valence-corrected chi connectivity index (χ0v) is 14.9. The van der Waals surface area contributed by atoms with E-state index in [1.54, 1.807) is 0 Å². The van der Waals surface area contributed by atoms with E-state index in [1.807, 2.05) is 24.5 Å². The Morgan fingerprint density at radius 3 is 2.16 bits per heavy atom. The average Bonchev–Trinajstić information content (AvgIpc) is 2.61. The van der Waals surface area contributed by atoms with Crippen LogP contribution in [0, 0.1) is 5.92 Å². The summed E-state index contributed by atoms with van der Waals surface area (Å²) in [6, 6.07) is 8.78. The molecule has 4 nitrogen and oxygen atoms in total. The molecular weight excluding hydrogens is 310 g/mol. The first-order chi connectivity index (χ1) is 12.3. The average molecular weight is 337 g/mol. The minimum absolute atomic E-state index is 0.419. The van der Waals surface area contributed by atoms with Gasteiger partial charge in [-0.25, -0.2) is 9.97 Å². The maximum atomic E-state index is 5.91. The molecule has 2 aromatic rings. The summed E-state index contributed by atoms with van der Waals surface area (Å²) in [7, 11) is 0. The van der Waals surface area contributed by atoms with Crippen LogP contribution in [0.4, 0.5) is 5.95 Å². The Hall–Kier alpha value is -2.10. The number of hydrogen-bond donors (Lipinski definition) is 1. The zero-order valence-electron chi connectivity index (χ0n) is 14.9. The van der Waals surface area contributed by atoms with Crippen LogP contribution in [0.2, 0.25) is 0 Å². The third-order valence-electron chi connectivity index (χ3n) is 5.54. The molecule has 1 aromatic heterocycles. The topological polar surface area (TPSA) is 47.0 Å². The highest BCUT2D eigenvalue weighted by Gasteiger charge is 2.19. The molecule has 4 rings (SSSR count). The van der Waals surface area contributed by atoms with Gasteiger partial charge in [-0.2, -0.15) is 0 Å². The zero-order chi connectivity index (χ0) is 17.1. The lowest BCUT2D eigenvalue weighted by Crippen LogP contribution is -2.26. The van der Waals surface area contributed by atoms with Crippen LogP contribution in [-0.4, -0.2) is 22.1 Å². The van der Waals surface area contributed by atoms with Gasteiger partial charge in [-0.05, 0) is 68.6 Å². The summed E-state index contributed by atoms with van der Waals surface area (Å²) in [6.45, 7) is 2.34. The first-order valence-corrected chi connectivity index (χ1v) is 9.62. The monoisotopic (exact) mass is 337 g/mol. The predicted molar refractivity (Wildman–Crippen MR) is 101 cm³/mol. The Morgan fingerprint density at radius 2 is 1.56 bits per heavy atom. The number of ether oxygens (including phenoxy) is 1. The third-order valence-corrected chi connectivity index (χ3v) is 5.54. The molecule has 0 spiro atoms. The summed E-state index contributed by atoms with van der Waals surface area (Å²) < 4.78 is 5.91. The molecule has 0 radical (unpaired) electrons. The molecule has 4 heteroatoms. The van der Waals surface area contributed by atoms with Gasteiger partial charge in [0.05, 0.1) is 6.10 Å². The van der Waals surface area contributed by atoms with Crippen LogP contribution in [0.5, 0.6) is 5.75 Å². The molecule has 0 bridgehead atoms. The van der Waals surface area contributed by atoms with Gasteiger partial charge in [-0.3, -0.25) is 0 Å². The second-order valence-corrected chi connectivity index (χ2v) is 7.59. The normalized spacial score (nSPS) is 23.7. The number of hydrogen-bond acceptors (Lipinski definition) is 4. The van der Waals surface area contributed by atoms with Crippen molar-refractivity contribution in [3.05, 3.63) is 36.7 Å². The maximum Gasteiger partial charge on any atom is 0.222 e. The van der Waals surface area contributed by atoms with Crippen LogP contribution >= 0.6 is 0 Å². The molecule has 2 aliphatic carbocycles. The molecule has 0 amide bonds. The second kappa shape index (κ2) is 7.42. The van der Waals surface area contributed by atoms with Crippen molar-refractivity contribution in [2.24, 2.45) is 5.92 Å². The van der Waals surface area contributed by atoms with Gasteiger partial charge in [-0.1, -0.05) is 19.1 Å². The lowest BCUT2D eigenvalue weighted by molar-refractivity contribution is 0.120. The van der Waals surface area contributed by atoms with Gasteiger partial charge in [-0.15, -0.1) is 0 Å². The lowest BCUT2D eigenvalue weighted by atomic mass is 9.87. The highest BCUT2D eigenvalue weighted by atomic mass is 16.5. The van der Waals surface area contributed by atoms with Crippen LogP contribution in [0.1, 0.15) is 51.9 Å². The van der Waals surface area contributed by atoms with Crippen molar-refractivity contribution in [1.29, 1.82) is 0 Å². The van der Waals surface area contributed by atoms with Gasteiger partial charge in [0.1, 0.15) is 5.75 Å². The number of benzene rings is 1. The molecule has 0 aliphatic heterocycles. The van der Waals surface area contributed by atoms with E-state index in [-0.39, 0.29) is 0 Å². The van der Waals surface area contributed by atoms with Crippen molar-refractivity contribution in [3.63, 3.8) is 0 Å². The molecular formula is C21H27N3O. The van der Waals surface area contributed by atoms with Gasteiger partial charge in [0, 0.05) is 24.0 Å². The fraction of sp³-hybridized carbons (Fsp3) is 0.524. The summed E-state index contributed by atoms with van der Waals surface area (Å²) in [5.74, 6) is 2.56. The molecule has 2 fully saturated rings. The summed E-state index contributed by atoms with van der Waals surface area (Å²) in [4.78, 5) is 9.02. The Bertz CT molecular complexity index is 671. The van der Waals surface area contributed by atoms with E-state index in [9.17, 15) is 0 Å². The Balaban J connectivity index is 1.36. The standard InChI is InChI=1S/C21H27N3O/c1-15-5-9-18(10-6-15)24-21-22-13-17(14-23-21)16-7-11-20(12-8-16)25-19-3-2-4-19/h7-8,11-15,18-19H,2-6,9-10H2,1H3,(H,22,23,24)/t15-,18-. The molecule has 0 unspecified atom stereocenters. The summed E-state index contributed by atoms with van der Waals surface area (Å²) in [5.41, 5.74) is 2.16. The molecule has 1 heterocycles. The molecule has 0 atom stereocenters. The van der Waals surface area contributed by atoms with Gasteiger partial charge < -0.3 is 10.1 Å². The maximum absolute atomic E-state index is 5.91. The second-order valence-electron chi connectivity index (χ2n) is 7.59. The van der Waals surface area contributed by atoms with Crippen molar-refractivity contribution >= 4 is 5.95 Å². The highest BCUT2D eigenvalue weighted by Crippen LogP contribution is 2.28. The number of nitrogens with one attached hydrogen (secondary N) is 1. The van der Waals surface area contributed by atoms with E-state index in [0.717, 1.165) is 28.7 Å². The van der Waals surface area contributed by atoms with Crippen LogP contribution in [-0.2, 0) is 0 Å². The minimum Gasteiger partial charge on any atom is -0.490 e. The number of anilines is 1. The Kier molecular flexibility index (Phi) is 4.86. The molecule has 1 aromatic carbocycles. The van der Waals surface area contributed by atoms with E-state index < -0.39 is 0 Å². The third kappa shape index (κ3) is 4.12. The van der Waals surface area contributed by atoms with Crippen molar-refractivity contribution < 1.29 is 4.74 Å². The first kappa shape index (κ1) is 16.4. The molecule has 25 heavy (non-hydrogen) atoms. The van der Waals surface area contributed by atoms with Gasteiger partial charge >= 0.3 is 0 Å². The molecule has 1 N–H and O–H groups in total. The molecule has 2 saturated carbocycles. The van der Waals surface area contributed by atoms with Crippen molar-refractivity contribution in [1.82, 2.24) is 9.97 Å². The molecule has 0 saturated heterocycles. The van der Waals surface area contributed by atoms with E-state index in [0.29, 0.717) is 12.1 Å². The van der Waals surface area contributed by atoms with E-state index in [4.69, 9.17) is 4.74 Å². The number of nitrogens with zero attached hydrogens (tertiary/aromatic N) is 2. The quantitative estimate of drug-likeness (QED) is 0.828. The van der Waals surface area contributed by atoms with Crippen LogP contribution in [0.25, 0.3) is 11.1 Å². The Labute approximate surface area is 150 Å². The van der Waals surface area contributed by atoms with Gasteiger partial charge in [0.2, 0.25) is 5.95 Å². The lowest BCUT2D eigenvalue weighted by Gasteiger charge is -2.26. The SMILES string of the molecule is C[C@H]1CC[C@H](Nc2ncc(-c3ccc(OC4CCC4)cc3)cn2)CC1. The molecule has 2 aliphatic rings. The smallest absolute Gasteiger partial charge is 0.222 e. The van der Waals surface area contributed by atoms with Crippen molar-refractivity contribution in [3.8, 4) is 16.9 Å². The number of aromatic nitrogens is 2. The van der Waals surface area contributed by atoms with Crippen molar-refractivity contribution in [2.45, 2.75) is 64.0 Å². The number of rotatable bonds is 5. The summed E-state index contributed by atoms with van der Waals surface area (Å²) in [5, 5.41) is 3.48. The van der Waals surface area contributed by atoms with E-state index >= 15 is 0 Å². The Morgan fingerprint density at radius 1 is 0.880 bits per heavy atom.